The Bertz CT molecular complexity index is 1540. The second-order valence-electron chi connectivity index (χ2n) is 11.2. The predicted molar refractivity (Wildman–Crippen MR) is 161 cm³/mol. The molecule has 3 aromatic heterocycles. The van der Waals surface area contributed by atoms with Crippen molar-refractivity contribution in [3.63, 3.8) is 0 Å². The lowest BCUT2D eigenvalue weighted by Gasteiger charge is -2.43. The van der Waals surface area contributed by atoms with Gasteiger partial charge in [-0.3, -0.25) is 4.68 Å². The first kappa shape index (κ1) is 27.2. The van der Waals surface area contributed by atoms with Crippen molar-refractivity contribution in [3.8, 4) is 11.4 Å². The highest BCUT2D eigenvalue weighted by Gasteiger charge is 2.47. The molecule has 2 atom stereocenters. The molecule has 1 saturated carbocycles. The van der Waals surface area contributed by atoms with Crippen molar-refractivity contribution in [3.05, 3.63) is 53.6 Å². The summed E-state index contributed by atoms with van der Waals surface area (Å²) < 4.78 is 14.9. The maximum absolute atomic E-state index is 13.4. The van der Waals surface area contributed by atoms with Crippen LogP contribution in [0.15, 0.2) is 42.9 Å². The molecule has 11 heteroatoms. The number of benzene rings is 1. The molecular weight excluding hydrogens is 549 g/mol. The third-order valence-electron chi connectivity index (χ3n) is 8.10. The van der Waals surface area contributed by atoms with Crippen molar-refractivity contribution >= 4 is 51.5 Å². The van der Waals surface area contributed by atoms with E-state index in [1.165, 1.54) is 27.1 Å². The summed E-state index contributed by atoms with van der Waals surface area (Å²) >= 11 is 8.33. The highest BCUT2D eigenvalue weighted by atomic mass is 35.5. The van der Waals surface area contributed by atoms with Gasteiger partial charge in [0.15, 0.2) is 11.0 Å². The number of pyridine rings is 1. The fourth-order valence-electron chi connectivity index (χ4n) is 5.71. The zero-order chi connectivity index (χ0) is 28.0. The molecular formula is C29H33ClFN7OS. The number of alkyl halides is 1. The maximum Gasteiger partial charge on any atom is 0.166 e. The number of fused-ring (bicyclic) bond motifs is 1. The molecule has 4 aromatic rings. The number of aliphatic hydroxyl groups is 1. The Hall–Kier alpha value is -2.95. The molecule has 0 amide bonds. The lowest BCUT2D eigenvalue weighted by Crippen LogP contribution is -2.50. The molecule has 1 aromatic carbocycles. The number of nitrogens with zero attached hydrogens (tertiary/aromatic N) is 6. The summed E-state index contributed by atoms with van der Waals surface area (Å²) in [5.41, 5.74) is 1.63. The van der Waals surface area contributed by atoms with Gasteiger partial charge in [0.2, 0.25) is 0 Å². The Morgan fingerprint density at radius 3 is 2.73 bits per heavy atom. The molecule has 2 fully saturated rings. The number of aromatic nitrogens is 5. The summed E-state index contributed by atoms with van der Waals surface area (Å²) in [6.07, 6.45) is 8.47. The lowest BCUT2D eigenvalue weighted by atomic mass is 9.76. The third kappa shape index (κ3) is 4.90. The number of rotatable bonds is 9. The largest absolute Gasteiger partial charge is 0.385 e. The van der Waals surface area contributed by atoms with Gasteiger partial charge < -0.3 is 15.3 Å². The van der Waals surface area contributed by atoms with Crippen LogP contribution in [0.5, 0.6) is 0 Å². The average molecular weight is 582 g/mol. The predicted octanol–water partition coefficient (Wildman–Crippen LogP) is 6.24. The van der Waals surface area contributed by atoms with E-state index >= 15 is 0 Å². The molecule has 0 bridgehead atoms. The molecule has 0 radical (unpaired) electrons. The van der Waals surface area contributed by atoms with Crippen molar-refractivity contribution in [2.24, 2.45) is 5.92 Å². The molecule has 40 heavy (non-hydrogen) atoms. The third-order valence-corrected chi connectivity index (χ3v) is 9.18. The Balaban J connectivity index is 1.27. The Morgan fingerprint density at radius 1 is 1.20 bits per heavy atom. The molecule has 8 nitrogen and oxygen atoms in total. The summed E-state index contributed by atoms with van der Waals surface area (Å²) in [5, 5.41) is 20.6. The standard InChI is InChI=1S/C29H33ClFN7OS/c1-17(2)19-4-5-23(37-12-18(13-37)15-40-3)21-11-33-26(10-20(19)21)34-25-7-9-32-28(35-25)22-14-38(36-27(22)30)24-6-8-29(24,39)16-31/h4-5,7,9-11,14,17-18,24,39H,6,8,12-13,15-16H2,1-3H3,(H,32,33,34,35). The van der Waals surface area contributed by atoms with Gasteiger partial charge in [-0.1, -0.05) is 31.5 Å². The van der Waals surface area contributed by atoms with E-state index in [0.29, 0.717) is 41.8 Å². The minimum Gasteiger partial charge on any atom is -0.385 e. The average Bonchev–Trinajstić information content (AvgIpc) is 3.29. The van der Waals surface area contributed by atoms with Gasteiger partial charge >= 0.3 is 0 Å². The van der Waals surface area contributed by atoms with E-state index in [1.54, 1.807) is 18.5 Å². The van der Waals surface area contributed by atoms with Crippen LogP contribution in [-0.4, -0.2) is 67.2 Å². The number of nitrogens with one attached hydrogen (secondary N) is 1. The van der Waals surface area contributed by atoms with Crippen LogP contribution in [0, 0.1) is 5.92 Å². The number of hydrogen-bond donors (Lipinski definition) is 2. The van der Waals surface area contributed by atoms with Crippen LogP contribution in [0.3, 0.4) is 0 Å². The highest BCUT2D eigenvalue weighted by Crippen LogP contribution is 2.43. The summed E-state index contributed by atoms with van der Waals surface area (Å²) in [4.78, 5) is 16.2. The van der Waals surface area contributed by atoms with Crippen LogP contribution < -0.4 is 10.2 Å². The first-order valence-electron chi connectivity index (χ1n) is 13.6. The Morgan fingerprint density at radius 2 is 2.02 bits per heavy atom. The van der Waals surface area contributed by atoms with Crippen LogP contribution in [0.4, 0.5) is 21.7 Å². The Kier molecular flexibility index (Phi) is 7.35. The van der Waals surface area contributed by atoms with E-state index < -0.39 is 18.3 Å². The van der Waals surface area contributed by atoms with E-state index in [4.69, 9.17) is 16.6 Å². The van der Waals surface area contributed by atoms with E-state index in [2.05, 4.69) is 63.6 Å². The van der Waals surface area contributed by atoms with Crippen molar-refractivity contribution in [2.75, 3.05) is 42.0 Å². The summed E-state index contributed by atoms with van der Waals surface area (Å²) in [6.45, 7) is 5.74. The van der Waals surface area contributed by atoms with Crippen LogP contribution in [0.25, 0.3) is 22.2 Å². The molecule has 1 aliphatic carbocycles. The van der Waals surface area contributed by atoms with Gasteiger partial charge in [0, 0.05) is 48.7 Å². The molecule has 2 unspecified atom stereocenters. The smallest absolute Gasteiger partial charge is 0.166 e. The van der Waals surface area contributed by atoms with Crippen molar-refractivity contribution in [1.29, 1.82) is 0 Å². The van der Waals surface area contributed by atoms with Gasteiger partial charge in [-0.25, -0.2) is 19.3 Å². The second kappa shape index (κ2) is 10.8. The van der Waals surface area contributed by atoms with Crippen molar-refractivity contribution in [2.45, 2.75) is 44.2 Å². The topological polar surface area (TPSA) is 92.0 Å². The molecule has 2 aliphatic rings. The maximum atomic E-state index is 13.4. The van der Waals surface area contributed by atoms with E-state index in [0.717, 1.165) is 24.4 Å². The molecule has 4 heterocycles. The number of halogens is 2. The van der Waals surface area contributed by atoms with Crippen molar-refractivity contribution < 1.29 is 9.50 Å². The molecule has 1 aliphatic heterocycles. The van der Waals surface area contributed by atoms with Gasteiger partial charge in [0.1, 0.15) is 23.9 Å². The van der Waals surface area contributed by atoms with Crippen LogP contribution in [-0.2, 0) is 0 Å². The zero-order valence-electron chi connectivity index (χ0n) is 22.8. The minimum absolute atomic E-state index is 0.203. The molecule has 2 N–H and O–H groups in total. The Labute approximate surface area is 242 Å². The molecule has 6 rings (SSSR count). The lowest BCUT2D eigenvalue weighted by molar-refractivity contribution is -0.104. The van der Waals surface area contributed by atoms with Crippen LogP contribution >= 0.6 is 23.4 Å². The highest BCUT2D eigenvalue weighted by molar-refractivity contribution is 7.98. The summed E-state index contributed by atoms with van der Waals surface area (Å²) in [5.74, 6) is 3.92. The quantitative estimate of drug-likeness (QED) is 0.240. The number of thioether (sulfide) groups is 1. The van der Waals surface area contributed by atoms with Gasteiger partial charge in [-0.05, 0) is 59.9 Å². The van der Waals surface area contributed by atoms with Gasteiger partial charge in [-0.2, -0.15) is 16.9 Å². The van der Waals surface area contributed by atoms with E-state index in [-0.39, 0.29) is 5.15 Å². The van der Waals surface area contributed by atoms with Crippen molar-refractivity contribution in [1.82, 2.24) is 24.7 Å². The molecule has 210 valence electrons. The SMILES string of the molecule is CSCC1CN(c2ccc(C(C)C)c3cc(Nc4ccnc(-c5cn(C6CCC6(O)CF)nc5Cl)n4)ncc23)C1. The van der Waals surface area contributed by atoms with Gasteiger partial charge in [-0.15, -0.1) is 0 Å². The van der Waals surface area contributed by atoms with Crippen LogP contribution in [0.2, 0.25) is 5.15 Å². The first-order chi connectivity index (χ1) is 19.3. The zero-order valence-corrected chi connectivity index (χ0v) is 24.4. The first-order valence-corrected chi connectivity index (χ1v) is 15.4. The molecule has 1 saturated heterocycles. The number of anilines is 3. The van der Waals surface area contributed by atoms with Gasteiger partial charge in [0.25, 0.3) is 0 Å². The van der Waals surface area contributed by atoms with Gasteiger partial charge in [0.05, 0.1) is 11.6 Å². The fraction of sp³-hybridized carbons (Fsp3) is 0.448. The fourth-order valence-corrected chi connectivity index (χ4v) is 6.61. The van der Waals surface area contributed by atoms with E-state index in [1.807, 2.05) is 18.0 Å². The summed E-state index contributed by atoms with van der Waals surface area (Å²) in [6, 6.07) is 7.88. The summed E-state index contributed by atoms with van der Waals surface area (Å²) in [7, 11) is 0. The normalized spacial score (nSPS) is 21.1. The minimum atomic E-state index is -1.40. The number of hydrogen-bond acceptors (Lipinski definition) is 8. The van der Waals surface area contributed by atoms with Crippen LogP contribution in [0.1, 0.15) is 44.2 Å². The monoisotopic (exact) mass is 581 g/mol. The second-order valence-corrected chi connectivity index (χ2v) is 12.4. The molecule has 0 spiro atoms. The van der Waals surface area contributed by atoms with E-state index in [9.17, 15) is 9.50 Å².